The fourth-order valence-corrected chi connectivity index (χ4v) is 4.47. The third-order valence-electron chi connectivity index (χ3n) is 6.00. The van der Waals surface area contributed by atoms with Crippen LogP contribution < -0.4 is 25.0 Å². The molecule has 0 spiro atoms. The third-order valence-corrected chi connectivity index (χ3v) is 6.29. The largest absolute Gasteiger partial charge is 0.573 e. The average Bonchev–Trinajstić information content (AvgIpc) is 2.81. The lowest BCUT2D eigenvalue weighted by Crippen LogP contribution is -2.43. The van der Waals surface area contributed by atoms with Gasteiger partial charge in [0.05, 0.1) is 11.1 Å². The molecular formula is C24H27ClF3N3O3. The smallest absolute Gasteiger partial charge is 0.489 e. The Hall–Kier alpha value is -2.65. The van der Waals surface area contributed by atoms with Gasteiger partial charge in [-0.2, -0.15) is 0 Å². The van der Waals surface area contributed by atoms with Crippen LogP contribution in [0.15, 0.2) is 42.5 Å². The van der Waals surface area contributed by atoms with E-state index in [0.717, 1.165) is 44.3 Å². The second kappa shape index (κ2) is 10.7. The van der Waals surface area contributed by atoms with E-state index >= 15 is 0 Å². The zero-order valence-corrected chi connectivity index (χ0v) is 19.3. The first kappa shape index (κ1) is 24.5. The highest BCUT2D eigenvalue weighted by Gasteiger charge is 2.31. The lowest BCUT2D eigenvalue weighted by atomic mass is 10.0. The molecule has 1 unspecified atom stereocenters. The van der Waals surface area contributed by atoms with Crippen molar-refractivity contribution in [3.05, 3.63) is 47.5 Å². The molecule has 4 rings (SSSR count). The summed E-state index contributed by atoms with van der Waals surface area (Å²) in [6, 6.07) is 10.9. The van der Waals surface area contributed by atoms with Crippen molar-refractivity contribution in [1.82, 2.24) is 5.32 Å². The Kier molecular flexibility index (Phi) is 7.73. The first-order valence-corrected chi connectivity index (χ1v) is 11.8. The zero-order valence-electron chi connectivity index (χ0n) is 18.5. The van der Waals surface area contributed by atoms with E-state index in [1.54, 1.807) is 30.3 Å². The SMILES string of the molecule is O=C(Nc1ccc(OC2CCN(c3ccc(OC(F)(F)F)cc3)CC2)c(Cl)c1)C1CCCCN1. The van der Waals surface area contributed by atoms with Crippen molar-refractivity contribution in [3.63, 3.8) is 0 Å². The lowest BCUT2D eigenvalue weighted by Gasteiger charge is -2.34. The molecule has 184 valence electrons. The van der Waals surface area contributed by atoms with Crippen molar-refractivity contribution in [2.24, 2.45) is 0 Å². The number of nitrogens with zero attached hydrogens (tertiary/aromatic N) is 1. The molecule has 2 heterocycles. The molecule has 34 heavy (non-hydrogen) atoms. The van der Waals surface area contributed by atoms with Crippen molar-refractivity contribution < 1.29 is 27.4 Å². The maximum absolute atomic E-state index is 12.4. The van der Waals surface area contributed by atoms with Crippen molar-refractivity contribution in [2.45, 2.75) is 50.6 Å². The van der Waals surface area contributed by atoms with Crippen LogP contribution in [0.25, 0.3) is 0 Å². The summed E-state index contributed by atoms with van der Waals surface area (Å²) in [7, 11) is 0. The van der Waals surface area contributed by atoms with Gasteiger partial charge in [0.25, 0.3) is 0 Å². The molecule has 2 aliphatic heterocycles. The van der Waals surface area contributed by atoms with Gasteiger partial charge in [-0.3, -0.25) is 4.79 Å². The quantitative estimate of drug-likeness (QED) is 0.562. The molecule has 0 bridgehead atoms. The number of carbonyl (C=O) groups is 1. The standard InChI is InChI=1S/C24H27ClF3N3O3/c25-20-15-16(30-23(32)21-3-1-2-12-29-21)4-9-22(20)33-18-10-13-31(14-11-18)17-5-7-19(8-6-17)34-24(26,27)28/h4-9,15,18,21,29H,1-3,10-14H2,(H,30,32). The number of carbonyl (C=O) groups excluding carboxylic acids is 1. The minimum atomic E-state index is -4.70. The summed E-state index contributed by atoms with van der Waals surface area (Å²) < 4.78 is 47.0. The fourth-order valence-electron chi connectivity index (χ4n) is 4.25. The molecule has 0 aromatic heterocycles. The monoisotopic (exact) mass is 497 g/mol. The van der Waals surface area contributed by atoms with Gasteiger partial charge in [-0.25, -0.2) is 0 Å². The number of hydrogen-bond acceptors (Lipinski definition) is 5. The normalized spacial score (nSPS) is 19.5. The minimum Gasteiger partial charge on any atom is -0.489 e. The second-order valence-electron chi connectivity index (χ2n) is 8.48. The molecule has 10 heteroatoms. The molecule has 2 saturated heterocycles. The maximum Gasteiger partial charge on any atom is 0.573 e. The van der Waals surface area contributed by atoms with Crippen LogP contribution in [0, 0.1) is 0 Å². The van der Waals surface area contributed by atoms with Gasteiger partial charge in [0, 0.05) is 37.3 Å². The molecule has 2 N–H and O–H groups in total. The van der Waals surface area contributed by atoms with Gasteiger partial charge >= 0.3 is 6.36 Å². The van der Waals surface area contributed by atoms with E-state index in [1.165, 1.54) is 12.1 Å². The van der Waals surface area contributed by atoms with E-state index in [1.807, 2.05) is 0 Å². The van der Waals surface area contributed by atoms with E-state index in [0.29, 0.717) is 29.5 Å². The summed E-state index contributed by atoms with van der Waals surface area (Å²) in [4.78, 5) is 14.5. The first-order valence-electron chi connectivity index (χ1n) is 11.4. The second-order valence-corrected chi connectivity index (χ2v) is 8.89. The summed E-state index contributed by atoms with van der Waals surface area (Å²) in [6.07, 6.45) is -0.307. The van der Waals surface area contributed by atoms with E-state index in [2.05, 4.69) is 20.3 Å². The predicted octanol–water partition coefficient (Wildman–Crippen LogP) is 5.37. The summed E-state index contributed by atoms with van der Waals surface area (Å²) >= 11 is 6.41. The fraction of sp³-hybridized carbons (Fsp3) is 0.458. The van der Waals surface area contributed by atoms with Crippen LogP contribution in [0.5, 0.6) is 11.5 Å². The first-order chi connectivity index (χ1) is 16.3. The highest BCUT2D eigenvalue weighted by Crippen LogP contribution is 2.32. The van der Waals surface area contributed by atoms with Crippen molar-refractivity contribution in [2.75, 3.05) is 29.9 Å². The number of nitrogens with one attached hydrogen (secondary N) is 2. The van der Waals surface area contributed by atoms with Crippen LogP contribution in [-0.2, 0) is 4.79 Å². The molecule has 2 fully saturated rings. The van der Waals surface area contributed by atoms with E-state index in [9.17, 15) is 18.0 Å². The predicted molar refractivity (Wildman–Crippen MR) is 125 cm³/mol. The Morgan fingerprint density at radius 1 is 1.06 bits per heavy atom. The molecule has 0 radical (unpaired) electrons. The van der Waals surface area contributed by atoms with Crippen molar-refractivity contribution in [3.8, 4) is 11.5 Å². The Morgan fingerprint density at radius 3 is 2.41 bits per heavy atom. The number of anilines is 2. The average molecular weight is 498 g/mol. The third kappa shape index (κ3) is 6.70. The van der Waals surface area contributed by atoms with Gasteiger partial charge in [0.15, 0.2) is 0 Å². The van der Waals surface area contributed by atoms with Gasteiger partial charge < -0.3 is 25.0 Å². The molecule has 6 nitrogen and oxygen atoms in total. The van der Waals surface area contributed by atoms with Crippen LogP contribution in [0.1, 0.15) is 32.1 Å². The minimum absolute atomic E-state index is 0.0338. The Morgan fingerprint density at radius 2 is 1.79 bits per heavy atom. The summed E-state index contributed by atoms with van der Waals surface area (Å²) in [6.45, 7) is 2.25. The van der Waals surface area contributed by atoms with Crippen LogP contribution in [0.2, 0.25) is 5.02 Å². The molecule has 1 atom stereocenters. The van der Waals surface area contributed by atoms with Gasteiger partial charge in [-0.05, 0) is 61.9 Å². The number of alkyl halides is 3. The number of rotatable bonds is 6. The number of piperidine rings is 2. The van der Waals surface area contributed by atoms with Crippen molar-refractivity contribution in [1.29, 1.82) is 0 Å². The molecule has 1 amide bonds. The van der Waals surface area contributed by atoms with Crippen LogP contribution in [-0.4, -0.2) is 44.0 Å². The van der Waals surface area contributed by atoms with E-state index < -0.39 is 6.36 Å². The van der Waals surface area contributed by atoms with Gasteiger partial charge in [0.1, 0.15) is 17.6 Å². The molecule has 2 aromatic rings. The van der Waals surface area contributed by atoms with Gasteiger partial charge in [-0.15, -0.1) is 13.2 Å². The summed E-state index contributed by atoms with van der Waals surface area (Å²) in [5.41, 5.74) is 1.46. The zero-order chi connectivity index (χ0) is 24.1. The number of halogens is 4. The lowest BCUT2D eigenvalue weighted by molar-refractivity contribution is -0.274. The van der Waals surface area contributed by atoms with E-state index in [4.69, 9.17) is 16.3 Å². The Labute approximate surface area is 201 Å². The van der Waals surface area contributed by atoms with Gasteiger partial charge in [0.2, 0.25) is 5.91 Å². The van der Waals surface area contributed by atoms with E-state index in [-0.39, 0.29) is 23.8 Å². The maximum atomic E-state index is 12.4. The van der Waals surface area contributed by atoms with Crippen LogP contribution in [0.4, 0.5) is 24.5 Å². The molecule has 0 aliphatic carbocycles. The molecule has 0 saturated carbocycles. The van der Waals surface area contributed by atoms with Gasteiger partial charge in [-0.1, -0.05) is 18.0 Å². The Balaban J connectivity index is 1.27. The summed E-state index contributed by atoms with van der Waals surface area (Å²) in [5, 5.41) is 6.55. The summed E-state index contributed by atoms with van der Waals surface area (Å²) in [5.74, 6) is 0.260. The van der Waals surface area contributed by atoms with Crippen molar-refractivity contribution >= 4 is 28.9 Å². The van der Waals surface area contributed by atoms with Crippen LogP contribution >= 0.6 is 11.6 Å². The molecule has 2 aliphatic rings. The molecule has 2 aromatic carbocycles. The highest BCUT2D eigenvalue weighted by molar-refractivity contribution is 6.32. The highest BCUT2D eigenvalue weighted by atomic mass is 35.5. The topological polar surface area (TPSA) is 62.8 Å². The Bertz CT molecular complexity index is 974. The number of ether oxygens (including phenoxy) is 2. The molecular weight excluding hydrogens is 471 g/mol. The number of benzene rings is 2. The van der Waals surface area contributed by atoms with Crippen LogP contribution in [0.3, 0.4) is 0 Å². The number of amides is 1. The number of hydrogen-bond donors (Lipinski definition) is 2.